The molecule has 0 saturated carbocycles. The zero-order chi connectivity index (χ0) is 16.7. The number of hydrogen-bond acceptors (Lipinski definition) is 4. The summed E-state index contributed by atoms with van der Waals surface area (Å²) in [7, 11) is 3.35. The van der Waals surface area contributed by atoms with Crippen LogP contribution < -0.4 is 0 Å². The smallest absolute Gasteiger partial charge is 0.310 e. The lowest BCUT2D eigenvalue weighted by molar-refractivity contribution is -0.408. The third kappa shape index (κ3) is 8.47. The van der Waals surface area contributed by atoms with Crippen molar-refractivity contribution in [3.8, 4) is 0 Å². The van der Waals surface area contributed by atoms with E-state index in [0.29, 0.717) is 13.2 Å². The maximum absolute atomic E-state index is 5.91. The van der Waals surface area contributed by atoms with E-state index in [9.17, 15) is 0 Å². The first-order chi connectivity index (χ1) is 10.7. The molecule has 22 heavy (non-hydrogen) atoms. The van der Waals surface area contributed by atoms with Gasteiger partial charge in [-0.3, -0.25) is 0 Å². The summed E-state index contributed by atoms with van der Waals surface area (Å²) in [5.41, 5.74) is 0. The second-order valence-electron chi connectivity index (χ2n) is 5.79. The van der Waals surface area contributed by atoms with Crippen molar-refractivity contribution >= 4 is 0 Å². The van der Waals surface area contributed by atoms with Crippen molar-refractivity contribution in [2.45, 2.75) is 90.6 Å². The van der Waals surface area contributed by atoms with E-state index in [4.69, 9.17) is 18.9 Å². The van der Waals surface area contributed by atoms with Gasteiger partial charge in [-0.15, -0.1) is 0 Å². The third-order valence-electron chi connectivity index (χ3n) is 3.80. The Hall–Kier alpha value is -0.160. The first kappa shape index (κ1) is 21.8. The molecule has 1 atom stereocenters. The molecule has 0 aromatic carbocycles. The predicted molar refractivity (Wildman–Crippen MR) is 91.0 cm³/mol. The molecular formula is C18H38O4. The lowest BCUT2D eigenvalue weighted by atomic mass is 10.1. The van der Waals surface area contributed by atoms with Crippen LogP contribution in [0, 0.1) is 0 Å². The summed E-state index contributed by atoms with van der Waals surface area (Å²) in [6.45, 7) is 7.61. The largest absolute Gasteiger partial charge is 0.373 e. The van der Waals surface area contributed by atoms with Crippen molar-refractivity contribution in [2.75, 3.05) is 27.4 Å². The van der Waals surface area contributed by atoms with Crippen LogP contribution >= 0.6 is 0 Å². The van der Waals surface area contributed by atoms with Crippen molar-refractivity contribution in [3.63, 3.8) is 0 Å². The summed E-state index contributed by atoms with van der Waals surface area (Å²) in [4.78, 5) is 0. The highest BCUT2D eigenvalue weighted by molar-refractivity contribution is 4.72. The molecule has 0 aliphatic rings. The minimum Gasteiger partial charge on any atom is -0.373 e. The van der Waals surface area contributed by atoms with Gasteiger partial charge in [-0.05, 0) is 19.3 Å². The average molecular weight is 318 g/mol. The molecule has 0 aliphatic carbocycles. The van der Waals surface area contributed by atoms with Crippen molar-refractivity contribution in [2.24, 2.45) is 0 Å². The predicted octanol–water partition coefficient (Wildman–Crippen LogP) is 4.91. The number of ether oxygens (including phenoxy) is 4. The van der Waals surface area contributed by atoms with Gasteiger partial charge in [-0.25, -0.2) is 0 Å². The number of rotatable bonds is 16. The summed E-state index contributed by atoms with van der Waals surface area (Å²) in [5.74, 6) is -1.07. The van der Waals surface area contributed by atoms with E-state index in [1.165, 1.54) is 32.1 Å². The first-order valence-electron chi connectivity index (χ1n) is 9.06. The molecule has 0 radical (unpaired) electrons. The van der Waals surface area contributed by atoms with Crippen LogP contribution in [0.3, 0.4) is 0 Å². The van der Waals surface area contributed by atoms with Gasteiger partial charge >= 0.3 is 5.97 Å². The van der Waals surface area contributed by atoms with Crippen LogP contribution in [-0.4, -0.2) is 39.5 Å². The van der Waals surface area contributed by atoms with Crippen molar-refractivity contribution in [3.05, 3.63) is 0 Å². The molecule has 0 aromatic heterocycles. The molecule has 0 fully saturated rings. The zero-order valence-electron chi connectivity index (χ0n) is 15.5. The van der Waals surface area contributed by atoms with Gasteiger partial charge in [0.1, 0.15) is 6.10 Å². The number of unbranched alkanes of at least 4 members (excludes halogenated alkanes) is 5. The lowest BCUT2D eigenvalue weighted by Crippen LogP contribution is -2.50. The SMILES string of the molecule is CCCCCCCCC(OC)C(OC)(OCCC)OCCC. The van der Waals surface area contributed by atoms with Crippen molar-refractivity contribution < 1.29 is 18.9 Å². The molecule has 134 valence electrons. The monoisotopic (exact) mass is 318 g/mol. The highest BCUT2D eigenvalue weighted by Gasteiger charge is 2.42. The molecule has 0 N–H and O–H groups in total. The third-order valence-corrected chi connectivity index (χ3v) is 3.80. The second-order valence-corrected chi connectivity index (χ2v) is 5.79. The van der Waals surface area contributed by atoms with Gasteiger partial charge in [0, 0.05) is 14.2 Å². The van der Waals surface area contributed by atoms with Gasteiger partial charge in [-0.1, -0.05) is 59.3 Å². The fraction of sp³-hybridized carbons (Fsp3) is 1.00. The Labute approximate surface area is 137 Å². The minimum atomic E-state index is -1.07. The molecule has 1 unspecified atom stereocenters. The molecule has 0 aliphatic heterocycles. The second kappa shape index (κ2) is 14.4. The standard InChI is InChI=1S/C18H38O4/c1-6-9-10-11-12-13-14-17(19-4)18(20-5,21-15-7-2)22-16-8-3/h17H,6-16H2,1-5H3. The van der Waals surface area contributed by atoms with Gasteiger partial charge in [0.05, 0.1) is 13.2 Å². The van der Waals surface area contributed by atoms with E-state index >= 15 is 0 Å². The Bertz CT molecular complexity index is 225. The van der Waals surface area contributed by atoms with Gasteiger partial charge < -0.3 is 18.9 Å². The maximum Gasteiger partial charge on any atom is 0.310 e. The summed E-state index contributed by atoms with van der Waals surface area (Å²) in [6.07, 6.45) is 10.1. The Morgan fingerprint density at radius 2 is 1.27 bits per heavy atom. The quantitative estimate of drug-likeness (QED) is 0.299. The Morgan fingerprint density at radius 3 is 1.73 bits per heavy atom. The summed E-state index contributed by atoms with van der Waals surface area (Å²) in [5, 5.41) is 0. The number of methoxy groups -OCH3 is 2. The van der Waals surface area contributed by atoms with Gasteiger partial charge in [-0.2, -0.15) is 0 Å². The average Bonchev–Trinajstić information content (AvgIpc) is 2.55. The molecule has 0 rings (SSSR count). The van der Waals surface area contributed by atoms with E-state index in [1.807, 2.05) is 0 Å². The van der Waals surface area contributed by atoms with Gasteiger partial charge in [0.2, 0.25) is 0 Å². The van der Waals surface area contributed by atoms with Crippen LogP contribution in [-0.2, 0) is 18.9 Å². The highest BCUT2D eigenvalue weighted by atomic mass is 16.9. The van der Waals surface area contributed by atoms with E-state index in [0.717, 1.165) is 25.7 Å². The summed E-state index contributed by atoms with van der Waals surface area (Å²) < 4.78 is 23.1. The molecule has 0 amide bonds. The maximum atomic E-state index is 5.91. The van der Waals surface area contributed by atoms with Crippen molar-refractivity contribution in [1.29, 1.82) is 0 Å². The fourth-order valence-electron chi connectivity index (χ4n) is 2.51. The van der Waals surface area contributed by atoms with Crippen LogP contribution in [0.2, 0.25) is 0 Å². The Morgan fingerprint density at radius 1 is 0.727 bits per heavy atom. The van der Waals surface area contributed by atoms with E-state index in [2.05, 4.69) is 20.8 Å². The molecule has 0 heterocycles. The van der Waals surface area contributed by atoms with Crippen LogP contribution in [0.4, 0.5) is 0 Å². The summed E-state index contributed by atoms with van der Waals surface area (Å²) in [6, 6.07) is 0. The van der Waals surface area contributed by atoms with Crippen LogP contribution in [0.25, 0.3) is 0 Å². The molecule has 4 nitrogen and oxygen atoms in total. The molecule has 0 spiro atoms. The zero-order valence-corrected chi connectivity index (χ0v) is 15.5. The van der Waals surface area contributed by atoms with E-state index in [-0.39, 0.29) is 6.10 Å². The Balaban J connectivity index is 4.46. The summed E-state index contributed by atoms with van der Waals surface area (Å²) >= 11 is 0. The fourth-order valence-corrected chi connectivity index (χ4v) is 2.51. The van der Waals surface area contributed by atoms with E-state index in [1.54, 1.807) is 14.2 Å². The van der Waals surface area contributed by atoms with Gasteiger partial charge in [0.25, 0.3) is 0 Å². The van der Waals surface area contributed by atoms with Crippen LogP contribution in [0.5, 0.6) is 0 Å². The molecule has 4 heteroatoms. The topological polar surface area (TPSA) is 36.9 Å². The minimum absolute atomic E-state index is 0.193. The normalized spacial score (nSPS) is 13.5. The Kier molecular flexibility index (Phi) is 14.3. The molecule has 0 saturated heterocycles. The molecule has 0 aromatic rings. The molecular weight excluding hydrogens is 280 g/mol. The highest BCUT2D eigenvalue weighted by Crippen LogP contribution is 2.27. The van der Waals surface area contributed by atoms with E-state index < -0.39 is 5.97 Å². The lowest BCUT2D eigenvalue weighted by Gasteiger charge is -2.37. The van der Waals surface area contributed by atoms with Crippen LogP contribution in [0.1, 0.15) is 78.6 Å². The van der Waals surface area contributed by atoms with Crippen molar-refractivity contribution in [1.82, 2.24) is 0 Å². The number of hydrogen-bond donors (Lipinski definition) is 0. The molecule has 0 bridgehead atoms. The van der Waals surface area contributed by atoms with Crippen LogP contribution in [0.15, 0.2) is 0 Å². The first-order valence-corrected chi connectivity index (χ1v) is 9.06. The van der Waals surface area contributed by atoms with Gasteiger partial charge in [0.15, 0.2) is 0 Å².